The fourth-order valence-electron chi connectivity index (χ4n) is 2.14. The van der Waals surface area contributed by atoms with Gasteiger partial charge in [-0.2, -0.15) is 0 Å². The van der Waals surface area contributed by atoms with Gasteiger partial charge in [-0.1, -0.05) is 23.2 Å². The first-order chi connectivity index (χ1) is 10.5. The summed E-state index contributed by atoms with van der Waals surface area (Å²) in [6, 6.07) is 4.74. The van der Waals surface area contributed by atoms with E-state index in [1.54, 1.807) is 18.2 Å². The Morgan fingerprint density at radius 2 is 2.05 bits per heavy atom. The van der Waals surface area contributed by atoms with Crippen LogP contribution >= 0.6 is 23.2 Å². The Morgan fingerprint density at radius 3 is 2.68 bits per heavy atom. The van der Waals surface area contributed by atoms with Crippen LogP contribution in [0.4, 0.5) is 0 Å². The van der Waals surface area contributed by atoms with Crippen LogP contribution in [-0.2, 0) is 9.59 Å². The van der Waals surface area contributed by atoms with E-state index in [-0.39, 0.29) is 31.4 Å². The Kier molecular flexibility index (Phi) is 6.02. The molecule has 3 N–H and O–H groups in total. The summed E-state index contributed by atoms with van der Waals surface area (Å²) >= 11 is 11.7. The van der Waals surface area contributed by atoms with Crippen molar-refractivity contribution in [2.24, 2.45) is 0 Å². The number of carbonyl (C=O) groups excluding carboxylic acids is 2. The number of benzene rings is 1. The fraction of sp³-hybridized carbons (Fsp3) is 0.429. The van der Waals surface area contributed by atoms with Crippen molar-refractivity contribution in [3.05, 3.63) is 33.8 Å². The number of aliphatic hydroxyl groups is 1. The van der Waals surface area contributed by atoms with Gasteiger partial charge in [-0.05, 0) is 23.8 Å². The third-order valence-electron chi connectivity index (χ3n) is 3.28. The van der Waals surface area contributed by atoms with Crippen LogP contribution in [0.5, 0.6) is 0 Å². The first kappa shape index (κ1) is 17.0. The van der Waals surface area contributed by atoms with E-state index in [9.17, 15) is 14.7 Å². The smallest absolute Gasteiger partial charge is 0.239 e. The molecule has 0 saturated carbocycles. The summed E-state index contributed by atoms with van der Waals surface area (Å²) in [5.74, 6) is -0.425. The van der Waals surface area contributed by atoms with Crippen LogP contribution in [0.2, 0.25) is 10.0 Å². The van der Waals surface area contributed by atoms with Crippen molar-refractivity contribution in [3.63, 3.8) is 0 Å². The zero-order valence-electron chi connectivity index (χ0n) is 11.8. The van der Waals surface area contributed by atoms with Crippen molar-refractivity contribution in [2.75, 3.05) is 32.7 Å². The Bertz CT molecular complexity index is 548. The molecule has 1 aromatic rings. The zero-order chi connectivity index (χ0) is 16.1. The van der Waals surface area contributed by atoms with Gasteiger partial charge < -0.3 is 20.6 Å². The molecule has 1 aliphatic heterocycles. The lowest BCUT2D eigenvalue weighted by atomic mass is 10.1. The summed E-state index contributed by atoms with van der Waals surface area (Å²) in [7, 11) is 0. The van der Waals surface area contributed by atoms with Gasteiger partial charge in [-0.25, -0.2) is 0 Å². The maximum absolute atomic E-state index is 11.8. The van der Waals surface area contributed by atoms with E-state index in [4.69, 9.17) is 23.2 Å². The van der Waals surface area contributed by atoms with Crippen LogP contribution in [0.3, 0.4) is 0 Å². The molecule has 1 atom stereocenters. The summed E-state index contributed by atoms with van der Waals surface area (Å²) < 4.78 is 0. The third-order valence-corrected chi connectivity index (χ3v) is 3.72. The lowest BCUT2D eigenvalue weighted by molar-refractivity contribution is -0.136. The second-order valence-corrected chi connectivity index (χ2v) is 5.89. The first-order valence-electron chi connectivity index (χ1n) is 6.85. The van der Waals surface area contributed by atoms with E-state index in [2.05, 4.69) is 10.6 Å². The number of carbonyl (C=O) groups is 2. The van der Waals surface area contributed by atoms with E-state index in [1.807, 2.05) is 0 Å². The SMILES string of the molecule is O=C(CN1CCNCC1=O)NC[C@@H](O)c1cc(Cl)cc(Cl)c1. The van der Waals surface area contributed by atoms with Crippen molar-refractivity contribution in [2.45, 2.75) is 6.10 Å². The first-order valence-corrected chi connectivity index (χ1v) is 7.60. The monoisotopic (exact) mass is 345 g/mol. The van der Waals surface area contributed by atoms with Crippen LogP contribution in [0.15, 0.2) is 18.2 Å². The number of hydrogen-bond acceptors (Lipinski definition) is 4. The highest BCUT2D eigenvalue weighted by molar-refractivity contribution is 6.34. The molecule has 0 aliphatic carbocycles. The van der Waals surface area contributed by atoms with E-state index >= 15 is 0 Å². The maximum Gasteiger partial charge on any atom is 0.239 e. The molecule has 2 amide bonds. The van der Waals surface area contributed by atoms with Crippen molar-refractivity contribution in [3.8, 4) is 0 Å². The van der Waals surface area contributed by atoms with Crippen LogP contribution in [0.25, 0.3) is 0 Å². The number of piperazine rings is 1. The molecule has 120 valence electrons. The van der Waals surface area contributed by atoms with Crippen LogP contribution in [-0.4, -0.2) is 54.5 Å². The predicted molar refractivity (Wildman–Crippen MR) is 83.9 cm³/mol. The zero-order valence-corrected chi connectivity index (χ0v) is 13.3. The lowest BCUT2D eigenvalue weighted by Crippen LogP contribution is -2.51. The number of hydrogen-bond donors (Lipinski definition) is 3. The van der Waals surface area contributed by atoms with Crippen LogP contribution < -0.4 is 10.6 Å². The van der Waals surface area contributed by atoms with Gasteiger partial charge in [0.05, 0.1) is 19.2 Å². The van der Waals surface area contributed by atoms with Gasteiger partial charge in [0.2, 0.25) is 11.8 Å². The summed E-state index contributed by atoms with van der Waals surface area (Å²) in [5.41, 5.74) is 0.524. The van der Waals surface area contributed by atoms with Gasteiger partial charge >= 0.3 is 0 Å². The standard InChI is InChI=1S/C14H17Cl2N3O3/c15-10-3-9(4-11(16)5-10)12(20)6-18-13(21)8-19-2-1-17-7-14(19)22/h3-5,12,17,20H,1-2,6-8H2,(H,18,21)/t12-/m1/s1. The lowest BCUT2D eigenvalue weighted by Gasteiger charge is -2.26. The predicted octanol–water partition coefficient (Wildman–Crippen LogP) is 0.575. The fourth-order valence-corrected chi connectivity index (χ4v) is 2.68. The van der Waals surface area contributed by atoms with Crippen LogP contribution in [0.1, 0.15) is 11.7 Å². The highest BCUT2D eigenvalue weighted by atomic mass is 35.5. The normalized spacial score (nSPS) is 16.5. The molecule has 1 aliphatic rings. The quantitative estimate of drug-likeness (QED) is 0.728. The molecule has 2 rings (SSSR count). The average Bonchev–Trinajstić information content (AvgIpc) is 2.46. The maximum atomic E-state index is 11.8. The Labute approximate surface area is 138 Å². The van der Waals surface area contributed by atoms with E-state index in [0.29, 0.717) is 28.7 Å². The molecule has 6 nitrogen and oxygen atoms in total. The highest BCUT2D eigenvalue weighted by Crippen LogP contribution is 2.23. The van der Waals surface area contributed by atoms with Crippen molar-refractivity contribution >= 4 is 35.0 Å². The molecule has 8 heteroatoms. The molecule has 0 spiro atoms. The number of halogens is 2. The van der Waals surface area contributed by atoms with Crippen molar-refractivity contribution < 1.29 is 14.7 Å². The number of amides is 2. The van der Waals surface area contributed by atoms with Gasteiger partial charge in [0.15, 0.2) is 0 Å². The Balaban J connectivity index is 1.83. The molecule has 1 saturated heterocycles. The minimum atomic E-state index is -0.918. The molecule has 1 fully saturated rings. The second kappa shape index (κ2) is 7.78. The van der Waals surface area contributed by atoms with E-state index < -0.39 is 6.10 Å². The van der Waals surface area contributed by atoms with Crippen molar-refractivity contribution in [1.82, 2.24) is 15.5 Å². The van der Waals surface area contributed by atoms with Gasteiger partial charge in [0, 0.05) is 29.7 Å². The Morgan fingerprint density at radius 1 is 1.36 bits per heavy atom. The Hall–Kier alpha value is -1.34. The molecule has 0 aromatic heterocycles. The number of nitrogens with one attached hydrogen (secondary N) is 2. The number of aliphatic hydroxyl groups excluding tert-OH is 1. The summed E-state index contributed by atoms with van der Waals surface area (Å²) in [4.78, 5) is 24.9. The molecule has 0 bridgehead atoms. The summed E-state index contributed by atoms with van der Waals surface area (Å²) in [6.45, 7) is 1.43. The number of rotatable bonds is 5. The molecular weight excluding hydrogens is 329 g/mol. The molecule has 0 radical (unpaired) electrons. The minimum absolute atomic E-state index is 0.0104. The molecule has 1 heterocycles. The molecule has 22 heavy (non-hydrogen) atoms. The molecule has 1 aromatic carbocycles. The second-order valence-electron chi connectivity index (χ2n) is 5.01. The van der Waals surface area contributed by atoms with Gasteiger partial charge in [0.1, 0.15) is 0 Å². The van der Waals surface area contributed by atoms with Gasteiger partial charge in [-0.15, -0.1) is 0 Å². The summed E-state index contributed by atoms with van der Waals surface area (Å²) in [5, 5.41) is 16.4. The minimum Gasteiger partial charge on any atom is -0.387 e. The van der Waals surface area contributed by atoms with Gasteiger partial charge in [0.25, 0.3) is 0 Å². The average molecular weight is 346 g/mol. The van der Waals surface area contributed by atoms with E-state index in [0.717, 1.165) is 0 Å². The van der Waals surface area contributed by atoms with Gasteiger partial charge in [-0.3, -0.25) is 9.59 Å². The highest BCUT2D eigenvalue weighted by Gasteiger charge is 2.20. The van der Waals surface area contributed by atoms with Crippen molar-refractivity contribution in [1.29, 1.82) is 0 Å². The topological polar surface area (TPSA) is 81.7 Å². The molecular formula is C14H17Cl2N3O3. The largest absolute Gasteiger partial charge is 0.387 e. The third kappa shape index (κ3) is 4.84. The summed E-state index contributed by atoms with van der Waals surface area (Å²) in [6.07, 6.45) is -0.918. The number of nitrogens with zero attached hydrogens (tertiary/aromatic N) is 1. The van der Waals surface area contributed by atoms with E-state index in [1.165, 1.54) is 4.90 Å². The molecule has 0 unspecified atom stereocenters. The van der Waals surface area contributed by atoms with Crippen LogP contribution in [0, 0.1) is 0 Å².